The van der Waals surface area contributed by atoms with Gasteiger partial charge in [-0.15, -0.1) is 11.6 Å². The van der Waals surface area contributed by atoms with Gasteiger partial charge in [0.25, 0.3) is 0 Å². The van der Waals surface area contributed by atoms with E-state index in [0.717, 1.165) is 6.07 Å². The van der Waals surface area contributed by atoms with Crippen LogP contribution < -0.4 is 0 Å². The van der Waals surface area contributed by atoms with Gasteiger partial charge in [0.05, 0.1) is 17.4 Å². The molecule has 2 aromatic heterocycles. The molecule has 0 aliphatic carbocycles. The van der Waals surface area contributed by atoms with Crippen LogP contribution in [-0.2, 0) is 6.42 Å². The number of halogens is 4. The van der Waals surface area contributed by atoms with Gasteiger partial charge in [-0.05, 0) is 18.2 Å². The lowest BCUT2D eigenvalue weighted by Gasteiger charge is -2.10. The monoisotopic (exact) mass is 311 g/mol. The van der Waals surface area contributed by atoms with Crippen LogP contribution in [0.25, 0.3) is 16.7 Å². The fourth-order valence-corrected chi connectivity index (χ4v) is 2.36. The summed E-state index contributed by atoms with van der Waals surface area (Å²) in [5.41, 5.74) is 0.972. The average Bonchev–Trinajstić information content (AvgIpc) is 2.84. The molecule has 0 radical (unpaired) electrons. The first-order chi connectivity index (χ1) is 10.1. The molecule has 2 heterocycles. The third-order valence-corrected chi connectivity index (χ3v) is 3.29. The number of alkyl halides is 1. The van der Waals surface area contributed by atoms with Crippen molar-refractivity contribution in [2.24, 2.45) is 0 Å². The molecule has 0 aliphatic rings. The maximum absolute atomic E-state index is 14.1. The molecular weight excluding hydrogens is 303 g/mol. The molecule has 0 N–H and O–H groups in total. The number of benzene rings is 1. The Bertz CT molecular complexity index is 817. The molecule has 0 aliphatic heterocycles. The van der Waals surface area contributed by atoms with Gasteiger partial charge in [-0.25, -0.2) is 18.2 Å². The Kier molecular flexibility index (Phi) is 3.55. The van der Waals surface area contributed by atoms with E-state index in [1.165, 1.54) is 23.0 Å². The fourth-order valence-electron chi connectivity index (χ4n) is 2.19. The van der Waals surface area contributed by atoms with Crippen molar-refractivity contribution in [1.82, 2.24) is 14.5 Å². The van der Waals surface area contributed by atoms with Gasteiger partial charge >= 0.3 is 0 Å². The maximum Gasteiger partial charge on any atom is 0.196 e. The number of rotatable bonds is 3. The van der Waals surface area contributed by atoms with E-state index in [0.29, 0.717) is 23.3 Å². The predicted octanol–water partition coefficient (Wildman–Crippen LogP) is 3.62. The highest BCUT2D eigenvalue weighted by atomic mass is 35.5. The Labute approximate surface area is 123 Å². The van der Waals surface area contributed by atoms with Crippen LogP contribution in [0.1, 0.15) is 5.82 Å². The normalized spacial score (nSPS) is 11.2. The van der Waals surface area contributed by atoms with Gasteiger partial charge in [-0.3, -0.25) is 9.55 Å². The average molecular weight is 312 g/mol. The lowest BCUT2D eigenvalue weighted by Crippen LogP contribution is -2.06. The van der Waals surface area contributed by atoms with E-state index in [1.54, 1.807) is 6.07 Å². The highest BCUT2D eigenvalue weighted by Gasteiger charge is 2.19. The minimum Gasteiger partial charge on any atom is -0.293 e. The van der Waals surface area contributed by atoms with Crippen molar-refractivity contribution < 1.29 is 13.2 Å². The summed E-state index contributed by atoms with van der Waals surface area (Å²) in [6.45, 7) is 0. The van der Waals surface area contributed by atoms with Crippen LogP contribution in [0.2, 0.25) is 0 Å². The van der Waals surface area contributed by atoms with Crippen molar-refractivity contribution >= 4 is 22.6 Å². The van der Waals surface area contributed by atoms with Crippen LogP contribution in [0, 0.1) is 17.5 Å². The van der Waals surface area contributed by atoms with E-state index in [9.17, 15) is 13.2 Å². The second kappa shape index (κ2) is 5.37. The summed E-state index contributed by atoms with van der Waals surface area (Å²) in [5.74, 6) is -3.29. The number of aryl methyl sites for hydroxylation is 1. The Morgan fingerprint density at radius 3 is 2.67 bits per heavy atom. The summed E-state index contributed by atoms with van der Waals surface area (Å²) in [5, 5.41) is 0. The first kappa shape index (κ1) is 13.9. The van der Waals surface area contributed by atoms with E-state index in [-0.39, 0.29) is 11.6 Å². The lowest BCUT2D eigenvalue weighted by molar-refractivity contribution is 0.444. The molecule has 3 nitrogen and oxygen atoms in total. The topological polar surface area (TPSA) is 30.7 Å². The summed E-state index contributed by atoms with van der Waals surface area (Å²) in [6, 6.07) is 3.68. The quantitative estimate of drug-likeness (QED) is 0.546. The Morgan fingerprint density at radius 2 is 1.90 bits per heavy atom. The zero-order valence-corrected chi connectivity index (χ0v) is 11.4. The summed E-state index contributed by atoms with van der Waals surface area (Å²) >= 11 is 5.72. The number of hydrogen-bond donors (Lipinski definition) is 0. The summed E-state index contributed by atoms with van der Waals surface area (Å²) < 4.78 is 42.1. The summed E-state index contributed by atoms with van der Waals surface area (Å²) in [6.07, 6.45) is 3.39. The van der Waals surface area contributed by atoms with Gasteiger partial charge < -0.3 is 0 Å². The molecule has 0 spiro atoms. The second-order valence-corrected chi connectivity index (χ2v) is 4.74. The Balaban J connectivity index is 2.33. The number of aromatic nitrogens is 3. The number of hydrogen-bond acceptors (Lipinski definition) is 2. The van der Waals surface area contributed by atoms with E-state index < -0.39 is 17.5 Å². The molecule has 7 heteroatoms. The van der Waals surface area contributed by atoms with Gasteiger partial charge in [0.2, 0.25) is 0 Å². The molecule has 3 aromatic rings. The number of fused-ring (bicyclic) bond motifs is 1. The molecule has 0 saturated carbocycles. The van der Waals surface area contributed by atoms with E-state index in [2.05, 4.69) is 9.97 Å². The SMILES string of the molecule is Fc1ccc(-n2c(CCCl)nc3cnccc32)c(F)c1F. The molecule has 1 aromatic carbocycles. The molecular formula is C14H9ClF3N3. The molecule has 21 heavy (non-hydrogen) atoms. The highest BCUT2D eigenvalue weighted by molar-refractivity contribution is 6.17. The molecule has 0 fully saturated rings. The zero-order chi connectivity index (χ0) is 15.0. The van der Waals surface area contributed by atoms with E-state index >= 15 is 0 Å². The van der Waals surface area contributed by atoms with Gasteiger partial charge in [-0.2, -0.15) is 0 Å². The van der Waals surface area contributed by atoms with E-state index in [4.69, 9.17) is 11.6 Å². The van der Waals surface area contributed by atoms with Gasteiger partial charge in [0.1, 0.15) is 11.3 Å². The van der Waals surface area contributed by atoms with Crippen molar-refractivity contribution in [2.75, 3.05) is 5.88 Å². The molecule has 0 unspecified atom stereocenters. The Morgan fingerprint density at radius 1 is 1.10 bits per heavy atom. The first-order valence-electron chi connectivity index (χ1n) is 6.14. The molecule has 3 rings (SSSR count). The maximum atomic E-state index is 14.1. The fraction of sp³-hybridized carbons (Fsp3) is 0.143. The Hall–Kier alpha value is -2.08. The highest BCUT2D eigenvalue weighted by Crippen LogP contribution is 2.25. The second-order valence-electron chi connectivity index (χ2n) is 4.36. The van der Waals surface area contributed by atoms with Crippen molar-refractivity contribution in [3.63, 3.8) is 0 Å². The number of pyridine rings is 1. The minimum absolute atomic E-state index is 0.109. The smallest absolute Gasteiger partial charge is 0.196 e. The van der Waals surface area contributed by atoms with E-state index in [1.807, 2.05) is 0 Å². The summed E-state index contributed by atoms with van der Waals surface area (Å²) in [7, 11) is 0. The molecule has 0 atom stereocenters. The van der Waals surface area contributed by atoms with Crippen LogP contribution in [0.5, 0.6) is 0 Å². The minimum atomic E-state index is -1.51. The summed E-state index contributed by atoms with van der Waals surface area (Å²) in [4.78, 5) is 8.24. The molecule has 0 amide bonds. The number of imidazole rings is 1. The third kappa shape index (κ3) is 2.25. The van der Waals surface area contributed by atoms with Gasteiger partial charge in [0.15, 0.2) is 17.5 Å². The zero-order valence-electron chi connectivity index (χ0n) is 10.7. The largest absolute Gasteiger partial charge is 0.293 e. The van der Waals surface area contributed by atoms with Crippen LogP contribution >= 0.6 is 11.6 Å². The first-order valence-corrected chi connectivity index (χ1v) is 6.68. The van der Waals surface area contributed by atoms with Crippen molar-refractivity contribution in [2.45, 2.75) is 6.42 Å². The van der Waals surface area contributed by atoms with Crippen molar-refractivity contribution in [1.29, 1.82) is 0 Å². The van der Waals surface area contributed by atoms with Gasteiger partial charge in [0, 0.05) is 18.5 Å². The molecule has 0 saturated heterocycles. The molecule has 108 valence electrons. The van der Waals surface area contributed by atoms with Crippen molar-refractivity contribution in [3.05, 3.63) is 53.9 Å². The van der Waals surface area contributed by atoms with Gasteiger partial charge in [-0.1, -0.05) is 0 Å². The lowest BCUT2D eigenvalue weighted by atomic mass is 10.2. The van der Waals surface area contributed by atoms with Crippen LogP contribution in [0.15, 0.2) is 30.6 Å². The predicted molar refractivity (Wildman–Crippen MR) is 73.2 cm³/mol. The third-order valence-electron chi connectivity index (χ3n) is 3.10. The molecule has 0 bridgehead atoms. The standard InChI is InChI=1S/C14H9ClF3N3/c15-5-3-12-20-9-7-19-6-4-10(9)21(12)11-2-1-8(16)13(17)14(11)18/h1-2,4,6-7H,3,5H2. The van der Waals surface area contributed by atoms with Crippen LogP contribution in [-0.4, -0.2) is 20.4 Å². The van der Waals surface area contributed by atoms with Crippen LogP contribution in [0.4, 0.5) is 13.2 Å². The van der Waals surface area contributed by atoms with Crippen molar-refractivity contribution in [3.8, 4) is 5.69 Å². The number of nitrogens with zero attached hydrogens (tertiary/aromatic N) is 3. The van der Waals surface area contributed by atoms with Crippen LogP contribution in [0.3, 0.4) is 0 Å².